The molecule has 0 unspecified atom stereocenters. The highest BCUT2D eigenvalue weighted by Crippen LogP contribution is 2.42. The van der Waals surface area contributed by atoms with Gasteiger partial charge in [0.05, 0.1) is 39.1 Å². The predicted molar refractivity (Wildman–Crippen MR) is 277 cm³/mol. The van der Waals surface area contributed by atoms with Gasteiger partial charge in [-0.1, -0.05) is 200 Å². The minimum absolute atomic E-state index is 0.539. The maximum atomic E-state index is 5.32. The van der Waals surface area contributed by atoms with Crippen molar-refractivity contribution in [3.05, 3.63) is 237 Å². The van der Waals surface area contributed by atoms with E-state index in [2.05, 4.69) is 197 Å². The summed E-state index contributed by atoms with van der Waals surface area (Å²) in [4.78, 5) is 26.1. The van der Waals surface area contributed by atoms with Crippen molar-refractivity contribution in [3.63, 3.8) is 0 Å². The molecule has 0 aliphatic heterocycles. The zero-order valence-electron chi connectivity index (χ0n) is 36.6. The fraction of sp³-hybridized carbons (Fsp3) is 0. The molecule has 0 saturated heterocycles. The Morgan fingerprint density at radius 3 is 1.29 bits per heavy atom. The third-order valence-corrected chi connectivity index (χ3v) is 12.8. The first kappa shape index (κ1) is 39.1. The van der Waals surface area contributed by atoms with Gasteiger partial charge in [-0.2, -0.15) is 9.97 Å². The van der Waals surface area contributed by atoms with Crippen LogP contribution in [0.2, 0.25) is 0 Å². The summed E-state index contributed by atoms with van der Waals surface area (Å²) in [5.41, 5.74) is 13.9. The molecule has 9 aromatic carbocycles. The molecule has 0 fully saturated rings. The zero-order valence-corrected chi connectivity index (χ0v) is 36.6. The molecule has 13 aromatic rings. The summed E-state index contributed by atoms with van der Waals surface area (Å²) in [6, 6.07) is 82.1. The maximum absolute atomic E-state index is 5.32. The number of benzene rings is 9. The second-order valence-corrected chi connectivity index (χ2v) is 16.9. The average molecular weight is 870 g/mol. The highest BCUT2D eigenvalue weighted by Gasteiger charge is 2.23. The van der Waals surface area contributed by atoms with Crippen LogP contribution >= 0.6 is 0 Å². The minimum atomic E-state index is 0.539. The molecule has 7 heteroatoms. The second kappa shape index (κ2) is 16.3. The van der Waals surface area contributed by atoms with E-state index in [1.54, 1.807) is 0 Å². The van der Waals surface area contributed by atoms with E-state index >= 15 is 0 Å². The molecule has 68 heavy (non-hydrogen) atoms. The van der Waals surface area contributed by atoms with E-state index < -0.39 is 0 Å². The van der Waals surface area contributed by atoms with Crippen LogP contribution in [0.3, 0.4) is 0 Å². The summed E-state index contributed by atoms with van der Waals surface area (Å²) in [6.45, 7) is 0. The molecule has 0 saturated carbocycles. The lowest BCUT2D eigenvalue weighted by atomic mass is 10.0. The second-order valence-electron chi connectivity index (χ2n) is 16.9. The Bertz CT molecular complexity index is 3940. The Kier molecular flexibility index (Phi) is 9.35. The van der Waals surface area contributed by atoms with Crippen LogP contribution in [-0.2, 0) is 0 Å². The van der Waals surface area contributed by atoms with Crippen LogP contribution in [0.15, 0.2) is 237 Å². The third-order valence-electron chi connectivity index (χ3n) is 12.8. The first-order valence-electron chi connectivity index (χ1n) is 22.8. The summed E-state index contributed by atoms with van der Waals surface area (Å²) < 4.78 is 4.59. The van der Waals surface area contributed by atoms with Crippen LogP contribution < -0.4 is 0 Å². The smallest absolute Gasteiger partial charge is 0.238 e. The normalized spacial score (nSPS) is 11.5. The van der Waals surface area contributed by atoms with E-state index in [0.717, 1.165) is 99.6 Å². The fourth-order valence-corrected chi connectivity index (χ4v) is 9.60. The van der Waals surface area contributed by atoms with Crippen molar-refractivity contribution in [1.29, 1.82) is 0 Å². The molecule has 0 bridgehead atoms. The topological polar surface area (TPSA) is 74.3 Å². The van der Waals surface area contributed by atoms with Crippen molar-refractivity contribution in [1.82, 2.24) is 34.1 Å². The Balaban J connectivity index is 1.05. The Morgan fingerprint density at radius 1 is 0.250 bits per heavy atom. The van der Waals surface area contributed by atoms with Gasteiger partial charge in [0.25, 0.3) is 0 Å². The molecular weight excluding hydrogens is 831 g/mol. The van der Waals surface area contributed by atoms with Gasteiger partial charge >= 0.3 is 0 Å². The van der Waals surface area contributed by atoms with Crippen LogP contribution in [0.1, 0.15) is 0 Å². The SMILES string of the molecule is c1ccc(-c2ccc(-c3nc(-c4ccccc4)nc(-n4c5ccccc5c5cc6c7ccccc7n(-c7ccccc7-c7cc(-c8ccccc8)nc(-c8ccccc8)n7)c6cc54)n3)cc2)cc1. The number of rotatable bonds is 8. The van der Waals surface area contributed by atoms with Gasteiger partial charge in [-0.3, -0.25) is 4.57 Å². The van der Waals surface area contributed by atoms with Crippen molar-refractivity contribution in [2.24, 2.45) is 0 Å². The molecular formula is C61H39N7. The lowest BCUT2D eigenvalue weighted by Gasteiger charge is -2.15. The quantitative estimate of drug-likeness (QED) is 0.152. The lowest BCUT2D eigenvalue weighted by molar-refractivity contribution is 0.953. The fourth-order valence-electron chi connectivity index (χ4n) is 9.60. The monoisotopic (exact) mass is 869 g/mol. The Hall–Kier alpha value is -9.33. The van der Waals surface area contributed by atoms with Gasteiger partial charge in [0.15, 0.2) is 17.5 Å². The molecule has 13 rings (SSSR count). The van der Waals surface area contributed by atoms with Gasteiger partial charge < -0.3 is 4.57 Å². The van der Waals surface area contributed by atoms with E-state index in [1.165, 1.54) is 0 Å². The van der Waals surface area contributed by atoms with E-state index in [9.17, 15) is 0 Å². The maximum Gasteiger partial charge on any atom is 0.238 e. The highest BCUT2D eigenvalue weighted by molar-refractivity contribution is 6.19. The standard InChI is InChI=1S/C61H39N7/c1-5-19-40(20-6-1)41-33-35-45(36-34-41)60-64-59(44-25-11-4-12-26-44)65-61(66-60)68-54-31-17-14-28-47(54)50-37-49-46-27-13-16-30-53(46)67(56(49)39-57(50)68)55-32-18-15-29-48(55)52-38-51(42-21-7-2-8-22-42)62-58(63-52)43-23-9-3-10-24-43/h1-39H. The number of hydrogen-bond donors (Lipinski definition) is 0. The van der Waals surface area contributed by atoms with Crippen LogP contribution in [0, 0.1) is 0 Å². The molecule has 0 amide bonds. The van der Waals surface area contributed by atoms with Crippen molar-refractivity contribution in [3.8, 4) is 79.4 Å². The van der Waals surface area contributed by atoms with Crippen LogP contribution in [0.25, 0.3) is 123 Å². The molecule has 0 spiro atoms. The molecule has 0 atom stereocenters. The van der Waals surface area contributed by atoms with E-state index in [0.29, 0.717) is 23.4 Å². The highest BCUT2D eigenvalue weighted by atomic mass is 15.2. The van der Waals surface area contributed by atoms with E-state index in [4.69, 9.17) is 24.9 Å². The minimum Gasteiger partial charge on any atom is -0.308 e. The van der Waals surface area contributed by atoms with Gasteiger partial charge in [0.1, 0.15) is 0 Å². The number of hydrogen-bond acceptors (Lipinski definition) is 5. The average Bonchev–Trinajstić information content (AvgIpc) is 3.92. The molecule has 0 N–H and O–H groups in total. The van der Waals surface area contributed by atoms with Crippen molar-refractivity contribution >= 4 is 43.6 Å². The number of aromatic nitrogens is 7. The number of para-hydroxylation sites is 3. The van der Waals surface area contributed by atoms with Crippen molar-refractivity contribution in [2.75, 3.05) is 0 Å². The summed E-state index contributed by atoms with van der Waals surface area (Å²) in [5.74, 6) is 2.40. The Labute approximate surface area is 392 Å². The summed E-state index contributed by atoms with van der Waals surface area (Å²) in [7, 11) is 0. The van der Waals surface area contributed by atoms with Crippen molar-refractivity contribution < 1.29 is 0 Å². The van der Waals surface area contributed by atoms with Crippen LogP contribution in [-0.4, -0.2) is 34.1 Å². The lowest BCUT2D eigenvalue weighted by Crippen LogP contribution is -2.06. The van der Waals surface area contributed by atoms with Crippen LogP contribution in [0.5, 0.6) is 0 Å². The number of fused-ring (bicyclic) bond motifs is 6. The summed E-state index contributed by atoms with van der Waals surface area (Å²) >= 11 is 0. The van der Waals surface area contributed by atoms with Crippen molar-refractivity contribution in [2.45, 2.75) is 0 Å². The molecule has 4 aromatic heterocycles. The van der Waals surface area contributed by atoms with Gasteiger partial charge in [-0.15, -0.1) is 0 Å². The first-order chi connectivity index (χ1) is 33.7. The van der Waals surface area contributed by atoms with Gasteiger partial charge in [0, 0.05) is 49.4 Å². The molecule has 0 aliphatic rings. The summed E-state index contributed by atoms with van der Waals surface area (Å²) in [6.07, 6.45) is 0. The zero-order chi connectivity index (χ0) is 45.0. The Morgan fingerprint density at radius 2 is 0.676 bits per heavy atom. The molecule has 0 aliphatic carbocycles. The third kappa shape index (κ3) is 6.72. The van der Waals surface area contributed by atoms with Gasteiger partial charge in [-0.25, -0.2) is 15.0 Å². The van der Waals surface area contributed by atoms with E-state index in [-0.39, 0.29) is 0 Å². The molecule has 7 nitrogen and oxygen atoms in total. The van der Waals surface area contributed by atoms with Gasteiger partial charge in [0.2, 0.25) is 5.95 Å². The predicted octanol–water partition coefficient (Wildman–Crippen LogP) is 14.9. The first-order valence-corrected chi connectivity index (χ1v) is 22.8. The molecule has 4 heterocycles. The largest absolute Gasteiger partial charge is 0.308 e. The van der Waals surface area contributed by atoms with E-state index in [1.807, 2.05) is 48.5 Å². The molecule has 318 valence electrons. The van der Waals surface area contributed by atoms with Gasteiger partial charge in [-0.05, 0) is 47.5 Å². The molecule has 0 radical (unpaired) electrons. The van der Waals surface area contributed by atoms with Crippen LogP contribution in [0.4, 0.5) is 0 Å². The summed E-state index contributed by atoms with van der Waals surface area (Å²) in [5, 5.41) is 4.51. The number of nitrogens with zero attached hydrogens (tertiary/aromatic N) is 7.